The van der Waals surface area contributed by atoms with Crippen molar-refractivity contribution in [2.45, 2.75) is 51.1 Å². The van der Waals surface area contributed by atoms with E-state index in [1.165, 1.54) is 19.3 Å². The van der Waals surface area contributed by atoms with Crippen LogP contribution >= 0.6 is 0 Å². The maximum atomic E-state index is 11.8. The van der Waals surface area contributed by atoms with Crippen LogP contribution in [0.2, 0.25) is 0 Å². The summed E-state index contributed by atoms with van der Waals surface area (Å²) in [4.78, 5) is 11.8. The Hall–Kier alpha value is -1.55. The fourth-order valence-corrected chi connectivity index (χ4v) is 2.53. The Morgan fingerprint density at radius 3 is 2.55 bits per heavy atom. The highest BCUT2D eigenvalue weighted by Crippen LogP contribution is 2.18. The molecule has 1 aromatic rings. The fourth-order valence-electron chi connectivity index (χ4n) is 2.53. The largest absolute Gasteiger partial charge is 0.484 e. The van der Waals surface area contributed by atoms with Gasteiger partial charge in [-0.3, -0.25) is 4.79 Å². The second kappa shape index (κ2) is 7.29. The Labute approximate surface area is 120 Å². The molecule has 0 heterocycles. The molecule has 3 N–H and O–H groups in total. The molecule has 0 spiro atoms. The lowest BCUT2D eigenvalue weighted by Gasteiger charge is -2.22. The Morgan fingerprint density at radius 2 is 1.95 bits per heavy atom. The first-order valence-corrected chi connectivity index (χ1v) is 7.43. The molecule has 4 heteroatoms. The van der Waals surface area contributed by atoms with Crippen molar-refractivity contribution in [2.24, 2.45) is 5.73 Å². The van der Waals surface area contributed by atoms with Crippen LogP contribution in [0.3, 0.4) is 0 Å². The van der Waals surface area contributed by atoms with Crippen LogP contribution in [0.25, 0.3) is 0 Å². The molecule has 0 bridgehead atoms. The van der Waals surface area contributed by atoms with E-state index in [0.717, 1.165) is 18.4 Å². The van der Waals surface area contributed by atoms with Gasteiger partial charge in [0.25, 0.3) is 5.91 Å². The highest BCUT2D eigenvalue weighted by atomic mass is 16.5. The van der Waals surface area contributed by atoms with Gasteiger partial charge in [-0.25, -0.2) is 0 Å². The van der Waals surface area contributed by atoms with Crippen molar-refractivity contribution in [1.29, 1.82) is 0 Å². The molecule has 1 aliphatic carbocycles. The van der Waals surface area contributed by atoms with E-state index in [-0.39, 0.29) is 18.6 Å². The molecule has 1 atom stereocenters. The van der Waals surface area contributed by atoms with Crippen molar-refractivity contribution in [3.8, 4) is 5.75 Å². The van der Waals surface area contributed by atoms with Gasteiger partial charge in [0.15, 0.2) is 6.61 Å². The summed E-state index contributed by atoms with van der Waals surface area (Å²) in [6.07, 6.45) is 5.90. The second-order valence-corrected chi connectivity index (χ2v) is 5.55. The van der Waals surface area contributed by atoms with Gasteiger partial charge in [-0.15, -0.1) is 0 Å². The smallest absolute Gasteiger partial charge is 0.258 e. The molecule has 110 valence electrons. The highest BCUT2D eigenvalue weighted by Gasteiger charge is 2.15. The van der Waals surface area contributed by atoms with Gasteiger partial charge in [-0.2, -0.15) is 0 Å². The van der Waals surface area contributed by atoms with E-state index in [2.05, 4.69) is 5.32 Å². The Balaban J connectivity index is 1.74. The molecule has 2 rings (SSSR count). The fraction of sp³-hybridized carbons (Fsp3) is 0.562. The van der Waals surface area contributed by atoms with E-state index in [1.807, 2.05) is 31.2 Å². The molecule has 1 amide bonds. The quantitative estimate of drug-likeness (QED) is 0.868. The SMILES string of the molecule is C[C@@H](N)c1ccc(OCC(=O)NC2CCCCC2)cc1. The van der Waals surface area contributed by atoms with Crippen LogP contribution in [0.15, 0.2) is 24.3 Å². The van der Waals surface area contributed by atoms with Crippen molar-refractivity contribution in [1.82, 2.24) is 5.32 Å². The van der Waals surface area contributed by atoms with Crippen LogP contribution in [0.5, 0.6) is 5.75 Å². The minimum Gasteiger partial charge on any atom is -0.484 e. The molecular weight excluding hydrogens is 252 g/mol. The van der Waals surface area contributed by atoms with E-state index in [4.69, 9.17) is 10.5 Å². The summed E-state index contributed by atoms with van der Waals surface area (Å²) in [5.41, 5.74) is 6.84. The predicted octanol–water partition coefficient (Wildman–Crippen LogP) is 2.53. The average Bonchev–Trinajstić information content (AvgIpc) is 2.46. The van der Waals surface area contributed by atoms with Crippen LogP contribution in [0.1, 0.15) is 50.6 Å². The van der Waals surface area contributed by atoms with Gasteiger partial charge in [0.1, 0.15) is 5.75 Å². The number of hydrogen-bond donors (Lipinski definition) is 2. The normalized spacial score (nSPS) is 17.5. The number of rotatable bonds is 5. The molecule has 0 aliphatic heterocycles. The average molecular weight is 276 g/mol. The minimum absolute atomic E-state index is 0.0126. The van der Waals surface area contributed by atoms with E-state index in [0.29, 0.717) is 11.8 Å². The van der Waals surface area contributed by atoms with Crippen LogP contribution < -0.4 is 15.8 Å². The molecule has 0 unspecified atom stereocenters. The summed E-state index contributed by atoms with van der Waals surface area (Å²) >= 11 is 0. The summed E-state index contributed by atoms with van der Waals surface area (Å²) in [5, 5.41) is 3.03. The summed E-state index contributed by atoms with van der Waals surface area (Å²) in [6, 6.07) is 7.91. The number of amides is 1. The topological polar surface area (TPSA) is 64.3 Å². The van der Waals surface area contributed by atoms with E-state index >= 15 is 0 Å². The lowest BCUT2D eigenvalue weighted by Crippen LogP contribution is -2.38. The van der Waals surface area contributed by atoms with Gasteiger partial charge in [0, 0.05) is 12.1 Å². The molecule has 0 radical (unpaired) electrons. The second-order valence-electron chi connectivity index (χ2n) is 5.55. The standard InChI is InChI=1S/C16H24N2O2/c1-12(17)13-7-9-15(10-8-13)20-11-16(19)18-14-5-3-2-4-6-14/h7-10,12,14H,2-6,11,17H2,1H3,(H,18,19)/t12-/m1/s1. The molecule has 20 heavy (non-hydrogen) atoms. The maximum Gasteiger partial charge on any atom is 0.258 e. The van der Waals surface area contributed by atoms with Gasteiger partial charge < -0.3 is 15.8 Å². The van der Waals surface area contributed by atoms with Gasteiger partial charge in [0.2, 0.25) is 0 Å². The number of hydrogen-bond acceptors (Lipinski definition) is 3. The van der Waals surface area contributed by atoms with Crippen molar-refractivity contribution in [2.75, 3.05) is 6.61 Å². The summed E-state index contributed by atoms with van der Waals surface area (Å²) in [5.74, 6) is 0.668. The predicted molar refractivity (Wildman–Crippen MR) is 79.6 cm³/mol. The zero-order chi connectivity index (χ0) is 14.4. The third-order valence-electron chi connectivity index (χ3n) is 3.75. The Kier molecular flexibility index (Phi) is 5.41. The lowest BCUT2D eigenvalue weighted by atomic mass is 9.95. The third-order valence-corrected chi connectivity index (χ3v) is 3.75. The number of nitrogens with one attached hydrogen (secondary N) is 1. The number of benzene rings is 1. The first-order chi connectivity index (χ1) is 9.65. The number of ether oxygens (including phenoxy) is 1. The van der Waals surface area contributed by atoms with Crippen LogP contribution in [-0.2, 0) is 4.79 Å². The molecule has 0 saturated heterocycles. The summed E-state index contributed by atoms with van der Waals surface area (Å²) in [7, 11) is 0. The van der Waals surface area contributed by atoms with E-state index in [9.17, 15) is 4.79 Å². The van der Waals surface area contributed by atoms with Crippen LogP contribution in [-0.4, -0.2) is 18.6 Å². The monoisotopic (exact) mass is 276 g/mol. The van der Waals surface area contributed by atoms with Gasteiger partial charge in [0.05, 0.1) is 0 Å². The van der Waals surface area contributed by atoms with Gasteiger partial charge in [-0.1, -0.05) is 31.4 Å². The Morgan fingerprint density at radius 1 is 1.30 bits per heavy atom. The molecule has 4 nitrogen and oxygen atoms in total. The third kappa shape index (κ3) is 4.53. The minimum atomic E-state index is -0.0341. The van der Waals surface area contributed by atoms with Gasteiger partial charge >= 0.3 is 0 Å². The highest BCUT2D eigenvalue weighted by molar-refractivity contribution is 5.77. The molecule has 0 aromatic heterocycles. The molecule has 1 saturated carbocycles. The molecular formula is C16H24N2O2. The number of carbonyl (C=O) groups is 1. The summed E-state index contributed by atoms with van der Waals surface area (Å²) < 4.78 is 5.49. The summed E-state index contributed by atoms with van der Waals surface area (Å²) in [6.45, 7) is 2.02. The maximum absolute atomic E-state index is 11.8. The Bertz CT molecular complexity index is 423. The molecule has 1 fully saturated rings. The van der Waals surface area contributed by atoms with Crippen LogP contribution in [0, 0.1) is 0 Å². The molecule has 1 aliphatic rings. The van der Waals surface area contributed by atoms with Crippen molar-refractivity contribution in [3.05, 3.63) is 29.8 Å². The van der Waals surface area contributed by atoms with Crippen molar-refractivity contribution in [3.63, 3.8) is 0 Å². The zero-order valence-corrected chi connectivity index (χ0v) is 12.1. The van der Waals surface area contributed by atoms with Crippen molar-refractivity contribution >= 4 is 5.91 Å². The molecule has 1 aromatic carbocycles. The van der Waals surface area contributed by atoms with Crippen molar-refractivity contribution < 1.29 is 9.53 Å². The van der Waals surface area contributed by atoms with Crippen LogP contribution in [0.4, 0.5) is 0 Å². The zero-order valence-electron chi connectivity index (χ0n) is 12.1. The number of nitrogens with two attached hydrogens (primary N) is 1. The van der Waals surface area contributed by atoms with E-state index < -0.39 is 0 Å². The number of carbonyl (C=O) groups excluding carboxylic acids is 1. The first-order valence-electron chi connectivity index (χ1n) is 7.43. The lowest BCUT2D eigenvalue weighted by molar-refractivity contribution is -0.124. The van der Waals surface area contributed by atoms with E-state index in [1.54, 1.807) is 0 Å². The van der Waals surface area contributed by atoms with Gasteiger partial charge in [-0.05, 0) is 37.5 Å². The first kappa shape index (κ1) is 14.9.